The second kappa shape index (κ2) is 5.17. The zero-order valence-corrected chi connectivity index (χ0v) is 11.5. The molecule has 2 aromatic carbocycles. The molecule has 0 aliphatic heterocycles. The van der Waals surface area contributed by atoms with Crippen LogP contribution in [0.25, 0.3) is 0 Å². The molecule has 3 rings (SSSR count). The molecule has 2 atom stereocenters. The summed E-state index contributed by atoms with van der Waals surface area (Å²) < 4.78 is 0. The first kappa shape index (κ1) is 13.0. The van der Waals surface area contributed by atoms with Crippen LogP contribution in [0, 0.1) is 5.92 Å². The molecule has 2 unspecified atom stereocenters. The number of anilines is 1. The Morgan fingerprint density at radius 1 is 1.20 bits per heavy atom. The van der Waals surface area contributed by atoms with Crippen LogP contribution < -0.4 is 5.32 Å². The van der Waals surface area contributed by atoms with E-state index in [2.05, 4.69) is 5.32 Å². The highest BCUT2D eigenvalue weighted by Crippen LogP contribution is 2.48. The second-order valence-corrected chi connectivity index (χ2v) is 5.48. The number of hydrogen-bond acceptors (Lipinski definition) is 2. The number of aromatic hydroxyl groups is 1. The van der Waals surface area contributed by atoms with E-state index >= 15 is 0 Å². The summed E-state index contributed by atoms with van der Waals surface area (Å²) in [6, 6.07) is 14.2. The molecule has 102 valence electrons. The molecular weight excluding hydrogens is 274 g/mol. The van der Waals surface area contributed by atoms with Crippen LogP contribution in [-0.4, -0.2) is 11.0 Å². The maximum absolute atomic E-state index is 12.1. The molecule has 0 radical (unpaired) electrons. The zero-order chi connectivity index (χ0) is 14.1. The van der Waals surface area contributed by atoms with Gasteiger partial charge in [0.15, 0.2) is 0 Å². The lowest BCUT2D eigenvalue weighted by Gasteiger charge is -2.05. The highest BCUT2D eigenvalue weighted by molar-refractivity contribution is 6.30. The van der Waals surface area contributed by atoms with E-state index in [1.807, 2.05) is 24.3 Å². The third kappa shape index (κ3) is 2.78. The molecule has 1 aliphatic carbocycles. The van der Waals surface area contributed by atoms with Crippen molar-refractivity contribution in [1.82, 2.24) is 0 Å². The fraction of sp³-hybridized carbons (Fsp3) is 0.188. The van der Waals surface area contributed by atoms with Gasteiger partial charge in [-0.3, -0.25) is 4.79 Å². The van der Waals surface area contributed by atoms with Crippen molar-refractivity contribution in [3.05, 3.63) is 59.1 Å². The number of rotatable bonds is 3. The minimum atomic E-state index is -0.00137. The van der Waals surface area contributed by atoms with E-state index in [0.717, 1.165) is 17.7 Å². The number of nitrogens with one attached hydrogen (secondary N) is 1. The third-order valence-electron chi connectivity index (χ3n) is 3.54. The maximum Gasteiger partial charge on any atom is 0.228 e. The zero-order valence-electron chi connectivity index (χ0n) is 10.7. The first-order valence-electron chi connectivity index (χ1n) is 6.49. The van der Waals surface area contributed by atoms with Crippen LogP contribution in [0.3, 0.4) is 0 Å². The van der Waals surface area contributed by atoms with Gasteiger partial charge in [0.2, 0.25) is 5.91 Å². The van der Waals surface area contributed by atoms with Crippen LogP contribution in [0.4, 0.5) is 5.69 Å². The highest BCUT2D eigenvalue weighted by atomic mass is 35.5. The van der Waals surface area contributed by atoms with Gasteiger partial charge in [-0.2, -0.15) is 0 Å². The van der Waals surface area contributed by atoms with Crippen molar-refractivity contribution in [1.29, 1.82) is 0 Å². The lowest BCUT2D eigenvalue weighted by molar-refractivity contribution is -0.117. The molecular formula is C16H14ClNO2. The number of hydrogen-bond donors (Lipinski definition) is 2. The van der Waals surface area contributed by atoms with Gasteiger partial charge in [-0.05, 0) is 48.2 Å². The summed E-state index contributed by atoms with van der Waals surface area (Å²) in [6.07, 6.45) is 0.844. The molecule has 0 saturated heterocycles. The number of carbonyl (C=O) groups excluding carboxylic acids is 1. The Labute approximate surface area is 122 Å². The standard InChI is InChI=1S/C16H14ClNO2/c17-11-2-1-3-12(8-11)18-16(20)15-9-14(15)10-4-6-13(19)7-5-10/h1-8,14-15,19H,9H2,(H,18,20). The van der Waals surface area contributed by atoms with Crippen molar-refractivity contribution >= 4 is 23.2 Å². The Kier molecular flexibility index (Phi) is 3.36. The smallest absolute Gasteiger partial charge is 0.228 e. The first-order valence-corrected chi connectivity index (χ1v) is 6.86. The molecule has 2 aromatic rings. The van der Waals surface area contributed by atoms with E-state index in [1.54, 1.807) is 24.3 Å². The average Bonchev–Trinajstić information content (AvgIpc) is 3.20. The van der Waals surface area contributed by atoms with E-state index in [-0.39, 0.29) is 23.5 Å². The summed E-state index contributed by atoms with van der Waals surface area (Å²) in [7, 11) is 0. The minimum Gasteiger partial charge on any atom is -0.508 e. The Balaban J connectivity index is 1.64. The molecule has 0 aromatic heterocycles. The quantitative estimate of drug-likeness (QED) is 0.902. The monoisotopic (exact) mass is 287 g/mol. The lowest BCUT2D eigenvalue weighted by atomic mass is 10.1. The number of carbonyl (C=O) groups is 1. The number of halogens is 1. The Morgan fingerprint density at radius 3 is 2.65 bits per heavy atom. The molecule has 0 heterocycles. The molecule has 4 heteroatoms. The molecule has 0 spiro atoms. The fourth-order valence-electron chi connectivity index (χ4n) is 2.38. The van der Waals surface area contributed by atoms with E-state index in [4.69, 9.17) is 11.6 Å². The van der Waals surface area contributed by atoms with Gasteiger partial charge in [-0.15, -0.1) is 0 Å². The fourth-order valence-corrected chi connectivity index (χ4v) is 2.57. The summed E-state index contributed by atoms with van der Waals surface area (Å²) in [4.78, 5) is 12.1. The lowest BCUT2D eigenvalue weighted by Crippen LogP contribution is -2.14. The molecule has 0 bridgehead atoms. The molecule has 20 heavy (non-hydrogen) atoms. The van der Waals surface area contributed by atoms with Crippen LogP contribution in [-0.2, 0) is 4.79 Å². The Morgan fingerprint density at radius 2 is 1.95 bits per heavy atom. The van der Waals surface area contributed by atoms with Gasteiger partial charge in [0, 0.05) is 16.6 Å². The van der Waals surface area contributed by atoms with Crippen LogP contribution in [0.2, 0.25) is 5.02 Å². The van der Waals surface area contributed by atoms with Gasteiger partial charge in [0.1, 0.15) is 5.75 Å². The summed E-state index contributed by atoms with van der Waals surface area (Å²) in [5.74, 6) is 0.507. The highest BCUT2D eigenvalue weighted by Gasteiger charge is 2.43. The van der Waals surface area contributed by atoms with E-state index in [0.29, 0.717) is 5.02 Å². The number of benzene rings is 2. The van der Waals surface area contributed by atoms with Gasteiger partial charge in [-0.25, -0.2) is 0 Å². The minimum absolute atomic E-state index is 0.00137. The molecule has 3 nitrogen and oxygen atoms in total. The summed E-state index contributed by atoms with van der Waals surface area (Å²) in [5.41, 5.74) is 1.81. The normalized spacial score (nSPS) is 20.4. The van der Waals surface area contributed by atoms with Crippen molar-refractivity contribution in [2.24, 2.45) is 5.92 Å². The molecule has 1 fully saturated rings. The topological polar surface area (TPSA) is 49.3 Å². The van der Waals surface area contributed by atoms with Crippen molar-refractivity contribution in [2.45, 2.75) is 12.3 Å². The van der Waals surface area contributed by atoms with Crippen LogP contribution in [0.1, 0.15) is 17.9 Å². The first-order chi connectivity index (χ1) is 9.63. The maximum atomic E-state index is 12.1. The molecule has 1 aliphatic rings. The predicted octanol–water partition coefficient (Wildman–Crippen LogP) is 3.79. The van der Waals surface area contributed by atoms with Gasteiger partial charge in [-0.1, -0.05) is 29.8 Å². The van der Waals surface area contributed by atoms with E-state index in [1.165, 1.54) is 0 Å². The van der Waals surface area contributed by atoms with E-state index < -0.39 is 0 Å². The third-order valence-corrected chi connectivity index (χ3v) is 3.78. The number of amides is 1. The summed E-state index contributed by atoms with van der Waals surface area (Å²) in [6.45, 7) is 0. The Hall–Kier alpha value is -2.00. The van der Waals surface area contributed by atoms with Crippen molar-refractivity contribution < 1.29 is 9.90 Å². The van der Waals surface area contributed by atoms with Crippen molar-refractivity contribution in [2.75, 3.05) is 5.32 Å². The van der Waals surface area contributed by atoms with Crippen LogP contribution in [0.15, 0.2) is 48.5 Å². The van der Waals surface area contributed by atoms with Gasteiger partial charge in [0.05, 0.1) is 0 Å². The molecule has 2 N–H and O–H groups in total. The number of phenols is 1. The van der Waals surface area contributed by atoms with Gasteiger partial charge < -0.3 is 10.4 Å². The molecule has 1 saturated carbocycles. The van der Waals surface area contributed by atoms with Gasteiger partial charge in [0.25, 0.3) is 0 Å². The van der Waals surface area contributed by atoms with Crippen molar-refractivity contribution in [3.63, 3.8) is 0 Å². The van der Waals surface area contributed by atoms with Crippen LogP contribution >= 0.6 is 11.6 Å². The average molecular weight is 288 g/mol. The van der Waals surface area contributed by atoms with E-state index in [9.17, 15) is 9.90 Å². The Bertz CT molecular complexity index is 639. The largest absolute Gasteiger partial charge is 0.508 e. The second-order valence-electron chi connectivity index (χ2n) is 5.04. The van der Waals surface area contributed by atoms with Crippen molar-refractivity contribution in [3.8, 4) is 5.75 Å². The summed E-state index contributed by atoms with van der Waals surface area (Å²) in [5, 5.41) is 12.8. The predicted molar refractivity (Wildman–Crippen MR) is 79.0 cm³/mol. The van der Waals surface area contributed by atoms with Gasteiger partial charge >= 0.3 is 0 Å². The summed E-state index contributed by atoms with van der Waals surface area (Å²) >= 11 is 5.89. The molecule has 1 amide bonds. The number of phenolic OH excluding ortho intramolecular Hbond substituents is 1. The SMILES string of the molecule is O=C(Nc1cccc(Cl)c1)C1CC1c1ccc(O)cc1. The van der Waals surface area contributed by atoms with Crippen LogP contribution in [0.5, 0.6) is 5.75 Å².